The van der Waals surface area contributed by atoms with Crippen LogP contribution in [0.5, 0.6) is 0 Å². The van der Waals surface area contributed by atoms with Crippen molar-refractivity contribution in [2.45, 2.75) is 59.4 Å². The zero-order valence-electron chi connectivity index (χ0n) is 10.1. The fourth-order valence-corrected chi connectivity index (χ4v) is 2.15. The molecule has 0 saturated heterocycles. The molecule has 0 atom stereocenters. The van der Waals surface area contributed by atoms with E-state index in [-0.39, 0.29) is 16.9 Å². The van der Waals surface area contributed by atoms with E-state index in [4.69, 9.17) is 0 Å². The van der Waals surface area contributed by atoms with Crippen LogP contribution >= 0.6 is 0 Å². The van der Waals surface area contributed by atoms with Crippen molar-refractivity contribution in [2.75, 3.05) is 0 Å². The third-order valence-corrected chi connectivity index (χ3v) is 2.38. The molecule has 1 aliphatic carbocycles. The highest BCUT2D eigenvalue weighted by Gasteiger charge is 2.34. The molecule has 0 radical (unpaired) electrons. The van der Waals surface area contributed by atoms with Crippen LogP contribution < -0.4 is 5.32 Å². The Morgan fingerprint density at radius 1 is 1.21 bits per heavy atom. The van der Waals surface area contributed by atoms with Gasteiger partial charge in [0.15, 0.2) is 0 Å². The van der Waals surface area contributed by atoms with E-state index in [0.29, 0.717) is 5.92 Å². The Balaban J connectivity index is 2.43. The van der Waals surface area contributed by atoms with Gasteiger partial charge >= 0.3 is 0 Å². The van der Waals surface area contributed by atoms with E-state index in [1.165, 1.54) is 0 Å². The van der Waals surface area contributed by atoms with Crippen molar-refractivity contribution in [2.24, 2.45) is 11.3 Å². The summed E-state index contributed by atoms with van der Waals surface area (Å²) in [7, 11) is 0. The maximum absolute atomic E-state index is 11.6. The Kier molecular flexibility index (Phi) is 2.93. The second-order valence-corrected chi connectivity index (χ2v) is 6.38. The van der Waals surface area contributed by atoms with Crippen LogP contribution in [0.2, 0.25) is 0 Å². The average Bonchev–Trinajstić information content (AvgIpc) is 2.57. The van der Waals surface area contributed by atoms with Crippen molar-refractivity contribution in [1.82, 2.24) is 5.32 Å². The van der Waals surface area contributed by atoms with Crippen LogP contribution in [0.15, 0.2) is 0 Å². The zero-order chi connectivity index (χ0) is 11.0. The first-order valence-corrected chi connectivity index (χ1v) is 5.52. The Bertz CT molecular complexity index is 221. The van der Waals surface area contributed by atoms with Gasteiger partial charge in [0.05, 0.1) is 0 Å². The topological polar surface area (TPSA) is 29.1 Å². The fourth-order valence-electron chi connectivity index (χ4n) is 2.15. The minimum absolute atomic E-state index is 0.0715. The summed E-state index contributed by atoms with van der Waals surface area (Å²) in [6.07, 6.45) is 3.17. The Morgan fingerprint density at radius 3 is 2.07 bits per heavy atom. The molecule has 1 rings (SSSR count). The molecule has 0 bridgehead atoms. The molecule has 0 aromatic carbocycles. The van der Waals surface area contributed by atoms with Crippen LogP contribution in [0.1, 0.15) is 53.9 Å². The Hall–Kier alpha value is -0.530. The van der Waals surface area contributed by atoms with Crippen molar-refractivity contribution in [3.05, 3.63) is 0 Å². The molecule has 82 valence electrons. The smallest absolute Gasteiger partial charge is 0.223 e. The molecular weight excluding hydrogens is 174 g/mol. The first kappa shape index (κ1) is 11.5. The number of amides is 1. The summed E-state index contributed by atoms with van der Waals surface area (Å²) in [6.45, 7) is 10.8. The first-order chi connectivity index (χ1) is 6.20. The molecule has 0 aromatic rings. The molecule has 0 spiro atoms. The third kappa shape index (κ3) is 4.12. The third-order valence-electron chi connectivity index (χ3n) is 2.38. The van der Waals surface area contributed by atoms with Crippen LogP contribution in [0.3, 0.4) is 0 Å². The Labute approximate surface area is 87.5 Å². The predicted molar refractivity (Wildman–Crippen MR) is 59.0 cm³/mol. The van der Waals surface area contributed by atoms with E-state index in [9.17, 15) is 4.79 Å². The van der Waals surface area contributed by atoms with E-state index in [1.807, 2.05) is 0 Å². The number of nitrogens with one attached hydrogen (secondary N) is 1. The van der Waals surface area contributed by atoms with Crippen LogP contribution in [0, 0.1) is 11.3 Å². The molecule has 14 heavy (non-hydrogen) atoms. The lowest BCUT2D eigenvalue weighted by atomic mass is 9.82. The van der Waals surface area contributed by atoms with E-state index in [0.717, 1.165) is 19.3 Å². The number of carbonyl (C=O) groups is 1. The molecule has 1 aliphatic rings. The summed E-state index contributed by atoms with van der Waals surface area (Å²) in [4.78, 5) is 11.6. The molecule has 0 aromatic heterocycles. The molecule has 2 heteroatoms. The van der Waals surface area contributed by atoms with Gasteiger partial charge in [0.1, 0.15) is 0 Å². The van der Waals surface area contributed by atoms with Crippen molar-refractivity contribution < 1.29 is 4.79 Å². The lowest BCUT2D eigenvalue weighted by Crippen LogP contribution is -2.46. The summed E-state index contributed by atoms with van der Waals surface area (Å²) in [5, 5.41) is 3.14. The minimum Gasteiger partial charge on any atom is -0.351 e. The van der Waals surface area contributed by atoms with Crippen LogP contribution in [0.25, 0.3) is 0 Å². The largest absolute Gasteiger partial charge is 0.351 e. The lowest BCUT2D eigenvalue weighted by Gasteiger charge is -2.33. The van der Waals surface area contributed by atoms with Gasteiger partial charge in [-0.3, -0.25) is 4.79 Å². The molecular formula is C12H23NO. The van der Waals surface area contributed by atoms with Crippen molar-refractivity contribution in [3.63, 3.8) is 0 Å². The van der Waals surface area contributed by atoms with Crippen LogP contribution in [-0.2, 0) is 4.79 Å². The van der Waals surface area contributed by atoms with Gasteiger partial charge in [-0.2, -0.15) is 0 Å². The zero-order valence-corrected chi connectivity index (χ0v) is 10.1. The van der Waals surface area contributed by atoms with E-state index in [2.05, 4.69) is 39.9 Å². The first-order valence-electron chi connectivity index (χ1n) is 5.52. The van der Waals surface area contributed by atoms with Gasteiger partial charge in [-0.05, 0) is 38.5 Å². The normalized spacial score (nSPS) is 18.1. The molecule has 0 aliphatic heterocycles. The van der Waals surface area contributed by atoms with Gasteiger partial charge in [-0.25, -0.2) is 0 Å². The van der Waals surface area contributed by atoms with Gasteiger partial charge in [0, 0.05) is 11.5 Å². The van der Waals surface area contributed by atoms with Crippen LogP contribution in [-0.4, -0.2) is 11.4 Å². The molecule has 1 saturated carbocycles. The maximum Gasteiger partial charge on any atom is 0.223 e. The minimum atomic E-state index is -0.0715. The van der Waals surface area contributed by atoms with E-state index < -0.39 is 0 Å². The van der Waals surface area contributed by atoms with Gasteiger partial charge in [-0.1, -0.05) is 20.8 Å². The molecule has 1 N–H and O–H groups in total. The molecule has 0 unspecified atom stereocenters. The second kappa shape index (κ2) is 3.56. The van der Waals surface area contributed by atoms with E-state index in [1.54, 1.807) is 0 Å². The van der Waals surface area contributed by atoms with Gasteiger partial charge in [0.25, 0.3) is 0 Å². The Morgan fingerprint density at radius 2 is 1.71 bits per heavy atom. The number of carbonyl (C=O) groups excluding carboxylic acids is 1. The van der Waals surface area contributed by atoms with Crippen molar-refractivity contribution in [1.29, 1.82) is 0 Å². The average molecular weight is 197 g/mol. The standard InChI is InChI=1S/C12H23NO/c1-11(2,3)8-12(4,5)13-10(14)9-6-7-9/h9H,6-8H2,1-5H3,(H,13,14). The van der Waals surface area contributed by atoms with E-state index >= 15 is 0 Å². The number of hydrogen-bond acceptors (Lipinski definition) is 1. The second-order valence-electron chi connectivity index (χ2n) is 6.38. The van der Waals surface area contributed by atoms with Gasteiger partial charge in [0.2, 0.25) is 5.91 Å². The van der Waals surface area contributed by atoms with Gasteiger partial charge < -0.3 is 5.32 Å². The molecule has 0 heterocycles. The highest BCUT2D eigenvalue weighted by molar-refractivity contribution is 5.81. The summed E-state index contributed by atoms with van der Waals surface area (Å²) in [6, 6.07) is 0. The SMILES string of the molecule is CC(C)(C)CC(C)(C)NC(=O)C1CC1. The number of hydrogen-bond donors (Lipinski definition) is 1. The molecule has 1 fully saturated rings. The summed E-state index contributed by atoms with van der Waals surface area (Å²) in [5.74, 6) is 0.563. The van der Waals surface area contributed by atoms with Crippen molar-refractivity contribution in [3.8, 4) is 0 Å². The summed E-state index contributed by atoms with van der Waals surface area (Å²) < 4.78 is 0. The summed E-state index contributed by atoms with van der Waals surface area (Å²) in [5.41, 5.74) is 0.193. The van der Waals surface area contributed by atoms with Gasteiger partial charge in [-0.15, -0.1) is 0 Å². The quantitative estimate of drug-likeness (QED) is 0.740. The number of rotatable bonds is 3. The maximum atomic E-state index is 11.6. The monoisotopic (exact) mass is 197 g/mol. The fraction of sp³-hybridized carbons (Fsp3) is 0.917. The lowest BCUT2D eigenvalue weighted by molar-refractivity contribution is -0.124. The van der Waals surface area contributed by atoms with Crippen molar-refractivity contribution >= 4 is 5.91 Å². The molecule has 2 nitrogen and oxygen atoms in total. The molecule has 1 amide bonds. The highest BCUT2D eigenvalue weighted by Crippen LogP contribution is 2.31. The summed E-state index contributed by atoms with van der Waals surface area (Å²) >= 11 is 0. The predicted octanol–water partition coefficient (Wildman–Crippen LogP) is 2.73. The van der Waals surface area contributed by atoms with Crippen LogP contribution in [0.4, 0.5) is 0 Å². The highest BCUT2D eigenvalue weighted by atomic mass is 16.2.